The smallest absolute Gasteiger partial charge is 0.237 e. The van der Waals surface area contributed by atoms with Gasteiger partial charge in [0.05, 0.1) is 6.04 Å². The summed E-state index contributed by atoms with van der Waals surface area (Å²) in [7, 11) is 1.60. The van der Waals surface area contributed by atoms with E-state index in [1.165, 1.54) is 11.1 Å². The van der Waals surface area contributed by atoms with Crippen LogP contribution in [0.5, 0.6) is 0 Å². The van der Waals surface area contributed by atoms with E-state index < -0.39 is 6.04 Å². The van der Waals surface area contributed by atoms with Crippen LogP contribution in [-0.2, 0) is 11.2 Å². The van der Waals surface area contributed by atoms with Crippen LogP contribution < -0.4 is 11.1 Å². The lowest BCUT2D eigenvalue weighted by molar-refractivity contribution is -0.121. The second-order valence-electron chi connectivity index (χ2n) is 3.85. The van der Waals surface area contributed by atoms with E-state index in [-0.39, 0.29) is 5.91 Å². The van der Waals surface area contributed by atoms with Crippen LogP contribution >= 0.6 is 0 Å². The maximum Gasteiger partial charge on any atom is 0.237 e. The molecule has 3 heteroatoms. The first-order valence-electron chi connectivity index (χ1n) is 5.08. The van der Waals surface area contributed by atoms with Crippen LogP contribution in [0.4, 0.5) is 0 Å². The summed E-state index contributed by atoms with van der Waals surface area (Å²) < 4.78 is 0. The average molecular weight is 206 g/mol. The molecule has 0 radical (unpaired) electrons. The molecule has 0 saturated heterocycles. The molecule has 15 heavy (non-hydrogen) atoms. The van der Waals surface area contributed by atoms with Crippen molar-refractivity contribution in [3.05, 3.63) is 34.9 Å². The van der Waals surface area contributed by atoms with Crippen molar-refractivity contribution in [3.63, 3.8) is 0 Å². The topological polar surface area (TPSA) is 55.1 Å². The predicted molar refractivity (Wildman–Crippen MR) is 61.7 cm³/mol. The van der Waals surface area contributed by atoms with E-state index in [2.05, 4.69) is 23.5 Å². The van der Waals surface area contributed by atoms with Gasteiger partial charge in [0.25, 0.3) is 0 Å². The molecule has 1 aromatic carbocycles. The number of likely N-dealkylation sites (N-methyl/N-ethyl adjacent to an activating group) is 1. The van der Waals surface area contributed by atoms with Crippen LogP contribution in [0.1, 0.15) is 16.7 Å². The molecule has 0 aliphatic heterocycles. The van der Waals surface area contributed by atoms with Gasteiger partial charge in [-0.1, -0.05) is 23.8 Å². The van der Waals surface area contributed by atoms with Crippen molar-refractivity contribution in [3.8, 4) is 0 Å². The maximum atomic E-state index is 11.3. The fourth-order valence-electron chi connectivity index (χ4n) is 1.54. The molecular formula is C12H18N2O. The summed E-state index contributed by atoms with van der Waals surface area (Å²) in [6.45, 7) is 4.07. The number of carbonyl (C=O) groups excluding carboxylic acids is 1. The number of aryl methyl sites for hydroxylation is 2. The van der Waals surface area contributed by atoms with Gasteiger partial charge in [0.15, 0.2) is 0 Å². The number of carbonyl (C=O) groups is 1. The van der Waals surface area contributed by atoms with E-state index in [1.54, 1.807) is 7.05 Å². The Bertz CT molecular complexity index is 361. The fraction of sp³-hybridized carbons (Fsp3) is 0.417. The number of rotatable bonds is 3. The van der Waals surface area contributed by atoms with E-state index in [1.807, 2.05) is 13.8 Å². The van der Waals surface area contributed by atoms with E-state index >= 15 is 0 Å². The molecule has 3 nitrogen and oxygen atoms in total. The third-order valence-corrected chi connectivity index (χ3v) is 2.53. The summed E-state index contributed by atoms with van der Waals surface area (Å²) in [5, 5.41) is 2.56. The van der Waals surface area contributed by atoms with Gasteiger partial charge in [0, 0.05) is 7.05 Å². The Hall–Kier alpha value is -1.35. The Morgan fingerprint density at radius 2 is 2.13 bits per heavy atom. The molecule has 82 valence electrons. The molecule has 0 aromatic heterocycles. The molecule has 1 aromatic rings. The van der Waals surface area contributed by atoms with Gasteiger partial charge < -0.3 is 11.1 Å². The number of benzene rings is 1. The van der Waals surface area contributed by atoms with Gasteiger partial charge >= 0.3 is 0 Å². The second-order valence-corrected chi connectivity index (χ2v) is 3.85. The lowest BCUT2D eigenvalue weighted by atomic mass is 9.99. The van der Waals surface area contributed by atoms with Crippen molar-refractivity contribution in [2.45, 2.75) is 26.3 Å². The van der Waals surface area contributed by atoms with Gasteiger partial charge in [-0.05, 0) is 31.4 Å². The van der Waals surface area contributed by atoms with E-state index in [9.17, 15) is 4.79 Å². The number of amides is 1. The zero-order chi connectivity index (χ0) is 11.4. The number of nitrogens with two attached hydrogens (primary N) is 1. The number of hydrogen-bond acceptors (Lipinski definition) is 2. The third kappa shape index (κ3) is 3.06. The lowest BCUT2D eigenvalue weighted by Crippen LogP contribution is -2.40. The SMILES string of the molecule is CNC(=O)C(N)Cc1cc(C)ccc1C. The monoisotopic (exact) mass is 206 g/mol. The minimum atomic E-state index is -0.463. The van der Waals surface area contributed by atoms with E-state index in [0.717, 1.165) is 5.56 Å². The zero-order valence-electron chi connectivity index (χ0n) is 9.50. The van der Waals surface area contributed by atoms with Crippen molar-refractivity contribution in [2.24, 2.45) is 5.73 Å². The first-order chi connectivity index (χ1) is 7.04. The van der Waals surface area contributed by atoms with Crippen LogP contribution in [0, 0.1) is 13.8 Å². The first-order valence-corrected chi connectivity index (χ1v) is 5.08. The highest BCUT2D eigenvalue weighted by Crippen LogP contribution is 2.12. The summed E-state index contributed by atoms with van der Waals surface area (Å²) in [5.41, 5.74) is 9.29. The molecule has 0 saturated carbocycles. The second kappa shape index (κ2) is 4.94. The van der Waals surface area contributed by atoms with Crippen molar-refractivity contribution >= 4 is 5.91 Å². The van der Waals surface area contributed by atoms with Gasteiger partial charge in [0.1, 0.15) is 0 Å². The van der Waals surface area contributed by atoms with Gasteiger partial charge in [-0.15, -0.1) is 0 Å². The van der Waals surface area contributed by atoms with Crippen molar-refractivity contribution in [1.82, 2.24) is 5.32 Å². The maximum absolute atomic E-state index is 11.3. The summed E-state index contributed by atoms with van der Waals surface area (Å²) >= 11 is 0. The van der Waals surface area contributed by atoms with Gasteiger partial charge in [-0.3, -0.25) is 4.79 Å². The van der Waals surface area contributed by atoms with Crippen LogP contribution in [0.3, 0.4) is 0 Å². The summed E-state index contributed by atoms with van der Waals surface area (Å²) in [6, 6.07) is 5.74. The Labute approximate surface area is 90.7 Å². The number of nitrogens with one attached hydrogen (secondary N) is 1. The molecule has 0 aliphatic rings. The fourth-order valence-corrected chi connectivity index (χ4v) is 1.54. The van der Waals surface area contributed by atoms with Crippen molar-refractivity contribution in [2.75, 3.05) is 7.05 Å². The van der Waals surface area contributed by atoms with Gasteiger partial charge in [-0.25, -0.2) is 0 Å². The first kappa shape index (κ1) is 11.7. The molecule has 0 bridgehead atoms. The van der Waals surface area contributed by atoms with Gasteiger partial charge in [0.2, 0.25) is 5.91 Å². The summed E-state index contributed by atoms with van der Waals surface area (Å²) in [6.07, 6.45) is 0.590. The molecule has 1 atom stereocenters. The molecule has 0 heterocycles. The molecule has 3 N–H and O–H groups in total. The van der Waals surface area contributed by atoms with E-state index in [0.29, 0.717) is 6.42 Å². The predicted octanol–water partition coefficient (Wildman–Crippen LogP) is 0.919. The lowest BCUT2D eigenvalue weighted by Gasteiger charge is -2.12. The molecule has 1 unspecified atom stereocenters. The standard InChI is InChI=1S/C12H18N2O/c1-8-4-5-9(2)10(6-8)7-11(13)12(15)14-3/h4-6,11H,7,13H2,1-3H3,(H,14,15). The van der Waals surface area contributed by atoms with Crippen LogP contribution in [0.2, 0.25) is 0 Å². The average Bonchev–Trinajstić information content (AvgIpc) is 2.22. The van der Waals surface area contributed by atoms with Crippen molar-refractivity contribution in [1.29, 1.82) is 0 Å². The quantitative estimate of drug-likeness (QED) is 0.772. The minimum absolute atomic E-state index is 0.115. The zero-order valence-corrected chi connectivity index (χ0v) is 9.50. The van der Waals surface area contributed by atoms with Crippen molar-refractivity contribution < 1.29 is 4.79 Å². The molecule has 0 aliphatic carbocycles. The molecule has 0 fully saturated rings. The van der Waals surface area contributed by atoms with Gasteiger partial charge in [-0.2, -0.15) is 0 Å². The summed E-state index contributed by atoms with van der Waals surface area (Å²) in [5.74, 6) is -0.115. The third-order valence-electron chi connectivity index (χ3n) is 2.53. The Balaban J connectivity index is 2.80. The van der Waals surface area contributed by atoms with E-state index in [4.69, 9.17) is 5.73 Å². The largest absolute Gasteiger partial charge is 0.358 e. The number of hydrogen-bond donors (Lipinski definition) is 2. The summed E-state index contributed by atoms with van der Waals surface area (Å²) in [4.78, 5) is 11.3. The molecule has 0 spiro atoms. The normalized spacial score (nSPS) is 12.3. The van der Waals surface area contributed by atoms with Crippen LogP contribution in [0.15, 0.2) is 18.2 Å². The van der Waals surface area contributed by atoms with Crippen LogP contribution in [0.25, 0.3) is 0 Å². The Morgan fingerprint density at radius 1 is 1.47 bits per heavy atom. The Kier molecular flexibility index (Phi) is 3.86. The minimum Gasteiger partial charge on any atom is -0.358 e. The highest BCUT2D eigenvalue weighted by Gasteiger charge is 2.13. The molecular weight excluding hydrogens is 188 g/mol. The Morgan fingerprint density at radius 3 is 2.73 bits per heavy atom. The highest BCUT2D eigenvalue weighted by atomic mass is 16.2. The molecule has 1 amide bonds. The highest BCUT2D eigenvalue weighted by molar-refractivity contribution is 5.81. The van der Waals surface area contributed by atoms with Crippen LogP contribution in [-0.4, -0.2) is 19.0 Å². The molecule has 1 rings (SSSR count).